The minimum atomic E-state index is -0.168. The van der Waals surface area contributed by atoms with E-state index in [0.29, 0.717) is 5.92 Å². The lowest BCUT2D eigenvalue weighted by Crippen LogP contribution is -2.30. The molecule has 1 aromatic rings. The molecule has 3 heteroatoms. The van der Waals surface area contributed by atoms with Gasteiger partial charge < -0.3 is 5.11 Å². The first-order chi connectivity index (χ1) is 9.06. The summed E-state index contributed by atoms with van der Waals surface area (Å²) in [7, 11) is 0. The van der Waals surface area contributed by atoms with Crippen molar-refractivity contribution in [3.8, 4) is 0 Å². The Kier molecular flexibility index (Phi) is 5.79. The van der Waals surface area contributed by atoms with Crippen molar-refractivity contribution < 1.29 is 5.11 Å². The van der Waals surface area contributed by atoms with Crippen molar-refractivity contribution in [3.63, 3.8) is 0 Å². The van der Waals surface area contributed by atoms with Gasteiger partial charge in [0.15, 0.2) is 0 Å². The number of halogens is 1. The summed E-state index contributed by atoms with van der Waals surface area (Å²) in [5, 5.41) is 10.4. The van der Waals surface area contributed by atoms with Gasteiger partial charge in [-0.1, -0.05) is 42.3 Å². The Morgan fingerprint density at radius 3 is 2.79 bits per heavy atom. The lowest BCUT2D eigenvalue weighted by atomic mass is 9.74. The largest absolute Gasteiger partial charge is 0.392 e. The summed E-state index contributed by atoms with van der Waals surface area (Å²) in [4.78, 5) is 1.23. The van der Waals surface area contributed by atoms with Crippen LogP contribution in [0.2, 0.25) is 0 Å². The molecule has 0 spiro atoms. The maximum atomic E-state index is 10.4. The third kappa shape index (κ3) is 4.51. The average molecular weight is 343 g/mol. The molecule has 1 N–H and O–H groups in total. The molecule has 0 heterocycles. The summed E-state index contributed by atoms with van der Waals surface area (Å²) in [5.74, 6) is 2.87. The number of aliphatic hydroxyl groups is 1. The summed E-state index contributed by atoms with van der Waals surface area (Å²) >= 11 is 5.24. The predicted octanol–water partition coefficient (Wildman–Crippen LogP) is 4.97. The fraction of sp³-hybridized carbons (Fsp3) is 0.625. The van der Waals surface area contributed by atoms with Gasteiger partial charge in [-0.05, 0) is 48.8 Å². The zero-order chi connectivity index (χ0) is 13.8. The van der Waals surface area contributed by atoms with Crippen LogP contribution in [0.5, 0.6) is 0 Å². The van der Waals surface area contributed by atoms with Crippen LogP contribution in [0, 0.1) is 17.8 Å². The summed E-state index contributed by atoms with van der Waals surface area (Å²) in [6.07, 6.45) is 3.47. The van der Waals surface area contributed by atoms with E-state index in [9.17, 15) is 5.11 Å². The lowest BCUT2D eigenvalue weighted by molar-refractivity contribution is 0.0729. The van der Waals surface area contributed by atoms with Crippen molar-refractivity contribution in [2.45, 2.75) is 44.1 Å². The number of thioether (sulfide) groups is 1. The first-order valence-corrected chi connectivity index (χ1v) is 8.90. The minimum absolute atomic E-state index is 0.168. The van der Waals surface area contributed by atoms with Crippen LogP contribution < -0.4 is 0 Å². The number of aliphatic hydroxyl groups excluding tert-OH is 1. The van der Waals surface area contributed by atoms with Gasteiger partial charge in [0.1, 0.15) is 0 Å². The highest BCUT2D eigenvalue weighted by Crippen LogP contribution is 2.36. The highest BCUT2D eigenvalue weighted by molar-refractivity contribution is 9.10. The van der Waals surface area contributed by atoms with Crippen molar-refractivity contribution in [1.82, 2.24) is 0 Å². The van der Waals surface area contributed by atoms with Crippen molar-refractivity contribution in [3.05, 3.63) is 28.7 Å². The minimum Gasteiger partial charge on any atom is -0.392 e. The second-order valence-electron chi connectivity index (χ2n) is 5.86. The van der Waals surface area contributed by atoms with Crippen LogP contribution in [0.25, 0.3) is 0 Å². The van der Waals surface area contributed by atoms with E-state index in [4.69, 9.17) is 0 Å². The molecule has 1 aliphatic rings. The fourth-order valence-electron chi connectivity index (χ4n) is 2.81. The molecule has 2 rings (SSSR count). The van der Waals surface area contributed by atoms with Crippen molar-refractivity contribution in [2.24, 2.45) is 17.8 Å². The second kappa shape index (κ2) is 7.14. The molecule has 4 atom stereocenters. The molecule has 4 unspecified atom stereocenters. The maximum absolute atomic E-state index is 10.4. The molecule has 106 valence electrons. The highest BCUT2D eigenvalue weighted by atomic mass is 79.9. The van der Waals surface area contributed by atoms with Crippen LogP contribution in [0.3, 0.4) is 0 Å². The third-order valence-corrected chi connectivity index (χ3v) is 5.99. The zero-order valence-corrected chi connectivity index (χ0v) is 14.1. The Morgan fingerprint density at radius 2 is 2.11 bits per heavy atom. The number of rotatable bonds is 4. The molecule has 1 saturated carbocycles. The highest BCUT2D eigenvalue weighted by Gasteiger charge is 2.29. The summed E-state index contributed by atoms with van der Waals surface area (Å²) in [6.45, 7) is 4.66. The second-order valence-corrected chi connectivity index (χ2v) is 7.87. The van der Waals surface area contributed by atoms with Gasteiger partial charge in [-0.25, -0.2) is 0 Å². The van der Waals surface area contributed by atoms with Crippen LogP contribution in [-0.4, -0.2) is 17.0 Å². The molecule has 0 radical (unpaired) electrons. The molecule has 0 bridgehead atoms. The van der Waals surface area contributed by atoms with Crippen molar-refractivity contribution >= 4 is 27.7 Å². The number of benzene rings is 1. The molecule has 0 saturated heterocycles. The molecule has 1 fully saturated rings. The lowest BCUT2D eigenvalue weighted by Gasteiger charge is -2.34. The quantitative estimate of drug-likeness (QED) is 0.779. The van der Waals surface area contributed by atoms with Crippen LogP contribution in [-0.2, 0) is 0 Å². The topological polar surface area (TPSA) is 20.2 Å². The van der Waals surface area contributed by atoms with E-state index in [0.717, 1.165) is 22.1 Å². The smallest absolute Gasteiger partial charge is 0.0662 e. The van der Waals surface area contributed by atoms with Gasteiger partial charge in [-0.3, -0.25) is 0 Å². The van der Waals surface area contributed by atoms with Crippen LogP contribution >= 0.6 is 27.7 Å². The van der Waals surface area contributed by atoms with Gasteiger partial charge >= 0.3 is 0 Å². The predicted molar refractivity (Wildman–Crippen MR) is 86.5 cm³/mol. The van der Waals surface area contributed by atoms with Crippen LogP contribution in [0.4, 0.5) is 0 Å². The molecular formula is C16H23BrOS. The summed E-state index contributed by atoms with van der Waals surface area (Å²) < 4.78 is 1.10. The van der Waals surface area contributed by atoms with Gasteiger partial charge in [0.2, 0.25) is 0 Å². The molecular weight excluding hydrogens is 320 g/mol. The molecule has 0 aromatic heterocycles. The number of hydrogen-bond acceptors (Lipinski definition) is 2. The van der Waals surface area contributed by atoms with Gasteiger partial charge in [-0.15, -0.1) is 11.8 Å². The Bertz CT molecular complexity index is 409. The van der Waals surface area contributed by atoms with Crippen LogP contribution in [0.1, 0.15) is 33.1 Å². The molecule has 1 aliphatic carbocycles. The van der Waals surface area contributed by atoms with Gasteiger partial charge in [-0.2, -0.15) is 0 Å². The van der Waals surface area contributed by atoms with Gasteiger partial charge in [0.05, 0.1) is 6.10 Å². The van der Waals surface area contributed by atoms with E-state index in [1.165, 1.54) is 24.2 Å². The van der Waals surface area contributed by atoms with Crippen molar-refractivity contribution in [1.29, 1.82) is 0 Å². The SMILES string of the molecule is CC1CCC(C(O)CSc2cccc(Br)c2)CC1C. The first-order valence-electron chi connectivity index (χ1n) is 7.12. The van der Waals surface area contributed by atoms with Gasteiger partial charge in [0, 0.05) is 15.1 Å². The molecule has 1 nitrogen and oxygen atoms in total. The monoisotopic (exact) mass is 342 g/mol. The fourth-order valence-corrected chi connectivity index (χ4v) is 4.38. The van der Waals surface area contributed by atoms with E-state index in [1.54, 1.807) is 11.8 Å². The third-order valence-electron chi connectivity index (χ3n) is 4.40. The Labute approximate surface area is 129 Å². The Balaban J connectivity index is 1.83. The van der Waals surface area contributed by atoms with Crippen LogP contribution in [0.15, 0.2) is 33.6 Å². The standard InChI is InChI=1S/C16H23BrOS/c1-11-6-7-13(8-12(11)2)16(18)10-19-15-5-3-4-14(17)9-15/h3-5,9,11-13,16,18H,6-8,10H2,1-2H3. The zero-order valence-electron chi connectivity index (χ0n) is 11.7. The van der Waals surface area contributed by atoms with E-state index in [1.807, 2.05) is 12.1 Å². The molecule has 0 aliphatic heterocycles. The number of hydrogen-bond donors (Lipinski definition) is 1. The molecule has 0 amide bonds. The summed E-state index contributed by atoms with van der Waals surface area (Å²) in [5.41, 5.74) is 0. The van der Waals surface area contributed by atoms with E-state index >= 15 is 0 Å². The average Bonchev–Trinajstić information content (AvgIpc) is 2.39. The van der Waals surface area contributed by atoms with E-state index in [2.05, 4.69) is 41.9 Å². The maximum Gasteiger partial charge on any atom is 0.0662 e. The van der Waals surface area contributed by atoms with Gasteiger partial charge in [0.25, 0.3) is 0 Å². The molecule has 1 aromatic carbocycles. The molecule has 19 heavy (non-hydrogen) atoms. The summed E-state index contributed by atoms with van der Waals surface area (Å²) in [6, 6.07) is 8.30. The van der Waals surface area contributed by atoms with E-state index in [-0.39, 0.29) is 6.10 Å². The normalized spacial score (nSPS) is 29.2. The Morgan fingerprint density at radius 1 is 1.32 bits per heavy atom. The Hall–Kier alpha value is 0.01000. The first kappa shape index (κ1) is 15.4. The van der Waals surface area contributed by atoms with Crippen molar-refractivity contribution in [2.75, 3.05) is 5.75 Å². The van der Waals surface area contributed by atoms with E-state index < -0.39 is 0 Å².